The summed E-state index contributed by atoms with van der Waals surface area (Å²) < 4.78 is 45.8. The molecule has 3 rings (SSSR count). The highest BCUT2D eigenvalue weighted by Crippen LogP contribution is 2.27. The van der Waals surface area contributed by atoms with E-state index in [0.29, 0.717) is 37.4 Å². The van der Waals surface area contributed by atoms with Gasteiger partial charge in [0, 0.05) is 31.2 Å². The molecule has 2 aromatic rings. The van der Waals surface area contributed by atoms with Gasteiger partial charge in [-0.25, -0.2) is 12.8 Å². The molecule has 1 fully saturated rings. The normalized spacial score (nSPS) is 15.7. The Morgan fingerprint density at radius 3 is 2.20 bits per heavy atom. The third-order valence-electron chi connectivity index (χ3n) is 5.30. The molecular weight excluding hydrogens is 407 g/mol. The lowest BCUT2D eigenvalue weighted by atomic mass is 9.96. The number of amides is 1. The number of benzene rings is 2. The molecule has 162 valence electrons. The first kappa shape index (κ1) is 22.2. The van der Waals surface area contributed by atoms with Crippen molar-refractivity contribution in [1.82, 2.24) is 4.31 Å². The highest BCUT2D eigenvalue weighted by molar-refractivity contribution is 7.89. The first-order valence-electron chi connectivity index (χ1n) is 10.2. The number of rotatable bonds is 7. The average Bonchev–Trinajstić information content (AvgIpc) is 2.76. The Morgan fingerprint density at radius 1 is 1.07 bits per heavy atom. The zero-order chi connectivity index (χ0) is 21.7. The van der Waals surface area contributed by atoms with Gasteiger partial charge in [-0.2, -0.15) is 4.31 Å². The number of piperidine rings is 1. The molecule has 0 bridgehead atoms. The van der Waals surface area contributed by atoms with Gasteiger partial charge in [0.2, 0.25) is 15.9 Å². The van der Waals surface area contributed by atoms with E-state index in [-0.39, 0.29) is 35.6 Å². The standard InChI is InChI=1S/C22H27FN2O4S/c1-3-25(19-7-5-18(23)6-8-19)22(26)17-13-15-24(16-14-17)30(27,28)21-11-9-20(10-12-21)29-4-2/h5-12,17H,3-4,13-16H2,1-2H3. The summed E-state index contributed by atoms with van der Waals surface area (Å²) in [5.41, 5.74) is 0.647. The Kier molecular flexibility index (Phi) is 7.10. The second-order valence-electron chi connectivity index (χ2n) is 7.14. The number of ether oxygens (including phenoxy) is 1. The monoisotopic (exact) mass is 434 g/mol. The fraction of sp³-hybridized carbons (Fsp3) is 0.409. The number of halogens is 1. The fourth-order valence-electron chi connectivity index (χ4n) is 3.67. The van der Waals surface area contributed by atoms with Crippen LogP contribution in [-0.4, -0.2) is 44.9 Å². The molecule has 2 aromatic carbocycles. The van der Waals surface area contributed by atoms with Crippen LogP contribution in [0.25, 0.3) is 0 Å². The molecule has 1 aliphatic rings. The zero-order valence-electron chi connectivity index (χ0n) is 17.3. The van der Waals surface area contributed by atoms with Gasteiger partial charge in [0.25, 0.3) is 0 Å². The maximum Gasteiger partial charge on any atom is 0.243 e. The summed E-state index contributed by atoms with van der Waals surface area (Å²) in [4.78, 5) is 14.8. The van der Waals surface area contributed by atoms with Gasteiger partial charge in [0.1, 0.15) is 11.6 Å². The van der Waals surface area contributed by atoms with Crippen LogP contribution in [0.15, 0.2) is 53.4 Å². The summed E-state index contributed by atoms with van der Waals surface area (Å²) in [6.45, 7) is 5.29. The van der Waals surface area contributed by atoms with Crippen molar-refractivity contribution in [2.75, 3.05) is 31.1 Å². The Morgan fingerprint density at radius 2 is 1.67 bits per heavy atom. The molecule has 0 unspecified atom stereocenters. The topological polar surface area (TPSA) is 66.9 Å². The molecule has 0 saturated carbocycles. The molecule has 0 radical (unpaired) electrons. The van der Waals surface area contributed by atoms with Crippen LogP contribution in [0.4, 0.5) is 10.1 Å². The predicted octanol–water partition coefficient (Wildman–Crippen LogP) is 3.68. The van der Waals surface area contributed by atoms with Crippen molar-refractivity contribution in [2.24, 2.45) is 5.92 Å². The summed E-state index contributed by atoms with van der Waals surface area (Å²) in [5.74, 6) is -0.0414. The van der Waals surface area contributed by atoms with Gasteiger partial charge in [-0.05, 0) is 75.2 Å². The van der Waals surface area contributed by atoms with Gasteiger partial charge in [-0.15, -0.1) is 0 Å². The molecule has 1 saturated heterocycles. The van der Waals surface area contributed by atoms with Crippen LogP contribution < -0.4 is 9.64 Å². The second-order valence-corrected chi connectivity index (χ2v) is 9.08. The summed E-state index contributed by atoms with van der Waals surface area (Å²) in [5, 5.41) is 0. The van der Waals surface area contributed by atoms with Crippen molar-refractivity contribution in [3.63, 3.8) is 0 Å². The first-order valence-corrected chi connectivity index (χ1v) is 11.6. The lowest BCUT2D eigenvalue weighted by molar-refractivity contribution is -0.123. The van der Waals surface area contributed by atoms with E-state index >= 15 is 0 Å². The maximum absolute atomic E-state index is 13.2. The SMILES string of the molecule is CCOc1ccc(S(=O)(=O)N2CCC(C(=O)N(CC)c3ccc(F)cc3)CC2)cc1. The van der Waals surface area contributed by atoms with Crippen molar-refractivity contribution in [2.45, 2.75) is 31.6 Å². The maximum atomic E-state index is 13.2. The molecule has 1 amide bonds. The van der Waals surface area contributed by atoms with E-state index in [1.807, 2.05) is 13.8 Å². The molecule has 1 aliphatic heterocycles. The third-order valence-corrected chi connectivity index (χ3v) is 7.21. The number of nitrogens with zero attached hydrogens (tertiary/aromatic N) is 2. The molecule has 1 heterocycles. The first-order chi connectivity index (χ1) is 14.4. The minimum atomic E-state index is -3.61. The molecular formula is C22H27FN2O4S. The van der Waals surface area contributed by atoms with Crippen molar-refractivity contribution in [1.29, 1.82) is 0 Å². The number of hydrogen-bond donors (Lipinski definition) is 0. The summed E-state index contributed by atoms with van der Waals surface area (Å²) in [6, 6.07) is 12.2. The van der Waals surface area contributed by atoms with Gasteiger partial charge in [0.15, 0.2) is 0 Å². The number of carbonyl (C=O) groups excluding carboxylic acids is 1. The van der Waals surface area contributed by atoms with Gasteiger partial charge in [0.05, 0.1) is 11.5 Å². The molecule has 0 aromatic heterocycles. The predicted molar refractivity (Wildman–Crippen MR) is 114 cm³/mol. The Bertz CT molecular complexity index is 954. The molecule has 0 N–H and O–H groups in total. The number of carbonyl (C=O) groups is 1. The largest absolute Gasteiger partial charge is 0.494 e. The summed E-state index contributed by atoms with van der Waals surface area (Å²) in [7, 11) is -3.61. The quantitative estimate of drug-likeness (QED) is 0.667. The van der Waals surface area contributed by atoms with Crippen LogP contribution in [0.1, 0.15) is 26.7 Å². The highest BCUT2D eigenvalue weighted by Gasteiger charge is 2.34. The number of hydrogen-bond acceptors (Lipinski definition) is 4. The van der Waals surface area contributed by atoms with E-state index in [4.69, 9.17) is 4.74 Å². The molecule has 0 aliphatic carbocycles. The van der Waals surface area contributed by atoms with E-state index in [1.54, 1.807) is 41.3 Å². The zero-order valence-corrected chi connectivity index (χ0v) is 18.1. The van der Waals surface area contributed by atoms with Crippen LogP contribution in [0.3, 0.4) is 0 Å². The Hall–Kier alpha value is -2.45. The summed E-state index contributed by atoms with van der Waals surface area (Å²) >= 11 is 0. The van der Waals surface area contributed by atoms with Gasteiger partial charge < -0.3 is 9.64 Å². The molecule has 0 atom stereocenters. The van der Waals surface area contributed by atoms with Crippen molar-refractivity contribution >= 4 is 21.6 Å². The molecule has 30 heavy (non-hydrogen) atoms. The Labute approximate surface area is 177 Å². The van der Waals surface area contributed by atoms with E-state index < -0.39 is 10.0 Å². The minimum absolute atomic E-state index is 0.0535. The van der Waals surface area contributed by atoms with Crippen molar-refractivity contribution in [3.8, 4) is 5.75 Å². The van der Waals surface area contributed by atoms with E-state index in [1.165, 1.54) is 16.4 Å². The van der Waals surface area contributed by atoms with Crippen LogP contribution in [-0.2, 0) is 14.8 Å². The van der Waals surface area contributed by atoms with E-state index in [9.17, 15) is 17.6 Å². The van der Waals surface area contributed by atoms with E-state index in [0.717, 1.165) is 0 Å². The fourth-order valence-corrected chi connectivity index (χ4v) is 5.14. The van der Waals surface area contributed by atoms with Crippen LogP contribution in [0, 0.1) is 11.7 Å². The molecule has 0 spiro atoms. The molecule has 6 nitrogen and oxygen atoms in total. The van der Waals surface area contributed by atoms with Gasteiger partial charge >= 0.3 is 0 Å². The van der Waals surface area contributed by atoms with Gasteiger partial charge in [-0.3, -0.25) is 4.79 Å². The minimum Gasteiger partial charge on any atom is -0.494 e. The summed E-state index contributed by atoms with van der Waals surface area (Å²) in [6.07, 6.45) is 0.902. The van der Waals surface area contributed by atoms with Gasteiger partial charge in [-0.1, -0.05) is 0 Å². The third kappa shape index (κ3) is 4.82. The second kappa shape index (κ2) is 9.57. The number of anilines is 1. The van der Waals surface area contributed by atoms with E-state index in [2.05, 4.69) is 0 Å². The van der Waals surface area contributed by atoms with Crippen LogP contribution >= 0.6 is 0 Å². The number of sulfonamides is 1. The molecule has 8 heteroatoms. The van der Waals surface area contributed by atoms with Crippen LogP contribution in [0.2, 0.25) is 0 Å². The van der Waals surface area contributed by atoms with Crippen molar-refractivity contribution < 1.29 is 22.3 Å². The lowest BCUT2D eigenvalue weighted by Crippen LogP contribution is -2.44. The average molecular weight is 435 g/mol. The Balaban J connectivity index is 1.65. The smallest absolute Gasteiger partial charge is 0.243 e. The van der Waals surface area contributed by atoms with Crippen LogP contribution in [0.5, 0.6) is 5.75 Å². The highest BCUT2D eigenvalue weighted by atomic mass is 32.2. The van der Waals surface area contributed by atoms with Crippen molar-refractivity contribution in [3.05, 3.63) is 54.3 Å². The lowest BCUT2D eigenvalue weighted by Gasteiger charge is -2.33.